The van der Waals surface area contributed by atoms with Gasteiger partial charge in [-0.2, -0.15) is 0 Å². The van der Waals surface area contributed by atoms with Crippen LogP contribution >= 0.6 is 11.6 Å². The van der Waals surface area contributed by atoms with E-state index in [1.54, 1.807) is 48.5 Å². The molecule has 0 saturated carbocycles. The third kappa shape index (κ3) is 4.74. The maximum absolute atomic E-state index is 12.0. The molecule has 2 rings (SSSR count). The number of hydrogen-bond acceptors (Lipinski definition) is 3. The largest absolute Gasteiger partial charge is 0.492 e. The zero-order valence-corrected chi connectivity index (χ0v) is 13.1. The molecular formula is C15H16ClNO3S. The number of aryl methyl sites for hydroxylation is 1. The Labute approximate surface area is 129 Å². The summed E-state index contributed by atoms with van der Waals surface area (Å²) >= 11 is 5.76. The average molecular weight is 326 g/mol. The first kappa shape index (κ1) is 15.8. The smallest absolute Gasteiger partial charge is 0.240 e. The maximum atomic E-state index is 12.0. The van der Waals surface area contributed by atoms with Crippen molar-refractivity contribution >= 4 is 21.6 Å². The lowest BCUT2D eigenvalue weighted by atomic mass is 10.2. The molecule has 0 atom stereocenters. The van der Waals surface area contributed by atoms with Gasteiger partial charge in [-0.25, -0.2) is 13.1 Å². The van der Waals surface area contributed by atoms with E-state index in [1.165, 1.54) is 0 Å². The standard InChI is InChI=1S/C15H16ClNO3S/c1-12-2-8-15(9-3-12)21(18,19)17-10-11-20-14-6-4-13(16)5-7-14/h2-9,17H,10-11H2,1H3. The summed E-state index contributed by atoms with van der Waals surface area (Å²) < 4.78 is 32.0. The van der Waals surface area contributed by atoms with E-state index < -0.39 is 10.0 Å². The van der Waals surface area contributed by atoms with E-state index in [2.05, 4.69) is 4.72 Å². The van der Waals surface area contributed by atoms with Gasteiger partial charge >= 0.3 is 0 Å². The number of benzene rings is 2. The van der Waals surface area contributed by atoms with Crippen molar-refractivity contribution in [3.8, 4) is 5.75 Å². The van der Waals surface area contributed by atoms with Crippen LogP contribution in [0.3, 0.4) is 0 Å². The molecule has 6 heteroatoms. The van der Waals surface area contributed by atoms with E-state index in [4.69, 9.17) is 16.3 Å². The molecule has 0 bridgehead atoms. The molecule has 112 valence electrons. The molecule has 0 heterocycles. The van der Waals surface area contributed by atoms with Crippen LogP contribution in [-0.4, -0.2) is 21.6 Å². The Kier molecular flexibility index (Phi) is 5.22. The molecule has 0 amide bonds. The molecule has 2 aromatic carbocycles. The number of ether oxygens (including phenoxy) is 1. The van der Waals surface area contributed by atoms with E-state index >= 15 is 0 Å². The van der Waals surface area contributed by atoms with Gasteiger partial charge in [0.1, 0.15) is 12.4 Å². The summed E-state index contributed by atoms with van der Waals surface area (Å²) in [5.74, 6) is 0.647. The molecule has 0 fully saturated rings. The summed E-state index contributed by atoms with van der Waals surface area (Å²) in [4.78, 5) is 0.250. The molecule has 0 aromatic heterocycles. The van der Waals surface area contributed by atoms with E-state index in [1.807, 2.05) is 6.92 Å². The van der Waals surface area contributed by atoms with Crippen molar-refractivity contribution in [2.45, 2.75) is 11.8 Å². The van der Waals surface area contributed by atoms with E-state index in [0.717, 1.165) is 5.56 Å². The molecule has 1 N–H and O–H groups in total. The Morgan fingerprint density at radius 2 is 1.67 bits per heavy atom. The highest BCUT2D eigenvalue weighted by Gasteiger charge is 2.12. The lowest BCUT2D eigenvalue weighted by Gasteiger charge is -2.09. The van der Waals surface area contributed by atoms with Crippen molar-refractivity contribution in [3.63, 3.8) is 0 Å². The fourth-order valence-electron chi connectivity index (χ4n) is 1.68. The maximum Gasteiger partial charge on any atom is 0.240 e. The lowest BCUT2D eigenvalue weighted by molar-refractivity contribution is 0.323. The van der Waals surface area contributed by atoms with Crippen LogP contribution in [0.1, 0.15) is 5.56 Å². The summed E-state index contributed by atoms with van der Waals surface area (Å²) in [5, 5.41) is 0.627. The summed E-state index contributed by atoms with van der Waals surface area (Å²) in [7, 11) is -3.49. The molecule has 2 aromatic rings. The quantitative estimate of drug-likeness (QED) is 0.831. The minimum absolute atomic E-state index is 0.193. The molecule has 0 aliphatic carbocycles. The van der Waals surface area contributed by atoms with Gasteiger partial charge in [0.2, 0.25) is 10.0 Å². The van der Waals surface area contributed by atoms with Crippen molar-refractivity contribution in [1.82, 2.24) is 4.72 Å². The second-order valence-electron chi connectivity index (χ2n) is 4.51. The van der Waals surface area contributed by atoms with Crippen LogP contribution < -0.4 is 9.46 Å². The molecule has 0 spiro atoms. The number of sulfonamides is 1. The van der Waals surface area contributed by atoms with E-state index in [9.17, 15) is 8.42 Å². The van der Waals surface area contributed by atoms with Crippen LogP contribution in [-0.2, 0) is 10.0 Å². The van der Waals surface area contributed by atoms with Crippen LogP contribution in [0.4, 0.5) is 0 Å². The summed E-state index contributed by atoms with van der Waals surface area (Å²) in [6.07, 6.45) is 0. The molecule has 0 radical (unpaired) electrons. The number of nitrogens with one attached hydrogen (secondary N) is 1. The van der Waals surface area contributed by atoms with Gasteiger partial charge in [-0.05, 0) is 43.3 Å². The first-order chi connectivity index (χ1) is 9.97. The third-order valence-corrected chi connectivity index (χ3v) is 4.54. The Bertz CT molecular complexity index is 682. The number of hydrogen-bond donors (Lipinski definition) is 1. The van der Waals surface area contributed by atoms with Crippen LogP contribution in [0.2, 0.25) is 5.02 Å². The van der Waals surface area contributed by atoms with E-state index in [0.29, 0.717) is 10.8 Å². The SMILES string of the molecule is Cc1ccc(S(=O)(=O)NCCOc2ccc(Cl)cc2)cc1. The molecule has 0 unspecified atom stereocenters. The van der Waals surface area contributed by atoms with Crippen molar-refractivity contribution in [3.05, 3.63) is 59.1 Å². The Hall–Kier alpha value is -1.56. The van der Waals surface area contributed by atoms with Crippen molar-refractivity contribution in [2.75, 3.05) is 13.2 Å². The number of halogens is 1. The van der Waals surface area contributed by atoms with Gasteiger partial charge in [0.15, 0.2) is 0 Å². The number of rotatable bonds is 6. The molecule has 0 aliphatic heterocycles. The molecule has 21 heavy (non-hydrogen) atoms. The van der Waals surface area contributed by atoms with Gasteiger partial charge < -0.3 is 4.74 Å². The summed E-state index contributed by atoms with van der Waals surface area (Å²) in [6, 6.07) is 13.6. The highest BCUT2D eigenvalue weighted by atomic mass is 35.5. The van der Waals surface area contributed by atoms with Gasteiger partial charge in [-0.15, -0.1) is 0 Å². The van der Waals surface area contributed by atoms with Gasteiger partial charge in [-0.1, -0.05) is 29.3 Å². The third-order valence-electron chi connectivity index (χ3n) is 2.81. The zero-order chi connectivity index (χ0) is 15.3. The second-order valence-corrected chi connectivity index (χ2v) is 6.72. The van der Waals surface area contributed by atoms with Crippen LogP contribution in [0, 0.1) is 6.92 Å². The topological polar surface area (TPSA) is 55.4 Å². The predicted octanol–water partition coefficient (Wildman–Crippen LogP) is 3.01. The van der Waals surface area contributed by atoms with Crippen LogP contribution in [0.15, 0.2) is 53.4 Å². The molecule has 4 nitrogen and oxygen atoms in total. The normalized spacial score (nSPS) is 11.3. The molecular weight excluding hydrogens is 310 g/mol. The molecule has 0 aliphatic rings. The fraction of sp³-hybridized carbons (Fsp3) is 0.200. The fourth-order valence-corrected chi connectivity index (χ4v) is 2.82. The van der Waals surface area contributed by atoms with Crippen LogP contribution in [0.25, 0.3) is 0 Å². The second kappa shape index (κ2) is 6.93. The highest BCUT2D eigenvalue weighted by molar-refractivity contribution is 7.89. The van der Waals surface area contributed by atoms with E-state index in [-0.39, 0.29) is 18.0 Å². The first-order valence-electron chi connectivity index (χ1n) is 6.42. The lowest BCUT2D eigenvalue weighted by Crippen LogP contribution is -2.28. The van der Waals surface area contributed by atoms with Crippen LogP contribution in [0.5, 0.6) is 5.75 Å². The Balaban J connectivity index is 1.85. The summed E-state index contributed by atoms with van der Waals surface area (Å²) in [5.41, 5.74) is 1.01. The van der Waals surface area contributed by atoms with Crippen molar-refractivity contribution in [2.24, 2.45) is 0 Å². The van der Waals surface area contributed by atoms with Gasteiger partial charge in [0, 0.05) is 11.6 Å². The summed E-state index contributed by atoms with van der Waals surface area (Å²) in [6.45, 7) is 2.34. The Morgan fingerprint density at radius 3 is 2.29 bits per heavy atom. The van der Waals surface area contributed by atoms with Crippen molar-refractivity contribution < 1.29 is 13.2 Å². The highest BCUT2D eigenvalue weighted by Crippen LogP contribution is 2.15. The first-order valence-corrected chi connectivity index (χ1v) is 8.28. The minimum atomic E-state index is -3.49. The predicted molar refractivity (Wildman–Crippen MR) is 83.3 cm³/mol. The average Bonchev–Trinajstić information content (AvgIpc) is 2.46. The Morgan fingerprint density at radius 1 is 1.05 bits per heavy atom. The zero-order valence-electron chi connectivity index (χ0n) is 11.5. The van der Waals surface area contributed by atoms with Gasteiger partial charge in [0.05, 0.1) is 4.90 Å². The minimum Gasteiger partial charge on any atom is -0.492 e. The van der Waals surface area contributed by atoms with Gasteiger partial charge in [0.25, 0.3) is 0 Å². The monoisotopic (exact) mass is 325 g/mol. The van der Waals surface area contributed by atoms with Crippen molar-refractivity contribution in [1.29, 1.82) is 0 Å². The van der Waals surface area contributed by atoms with Gasteiger partial charge in [-0.3, -0.25) is 0 Å². The molecule has 0 saturated heterocycles.